The monoisotopic (exact) mass is 237 g/mol. The van der Waals surface area contributed by atoms with Crippen LogP contribution < -0.4 is 10.6 Å². The third-order valence-corrected chi connectivity index (χ3v) is 2.24. The van der Waals surface area contributed by atoms with Crippen molar-refractivity contribution >= 4 is 11.6 Å². The summed E-state index contributed by atoms with van der Waals surface area (Å²) in [5.41, 5.74) is 0.833. The molecule has 0 unspecified atom stereocenters. The summed E-state index contributed by atoms with van der Waals surface area (Å²) in [6.45, 7) is 4.25. The van der Waals surface area contributed by atoms with Crippen molar-refractivity contribution in [3.63, 3.8) is 0 Å². The van der Waals surface area contributed by atoms with Crippen LogP contribution in [0.5, 0.6) is 0 Å². The Morgan fingerprint density at radius 1 is 1.53 bits per heavy atom. The molecule has 0 fully saturated rings. The van der Waals surface area contributed by atoms with E-state index in [9.17, 15) is 4.79 Å². The van der Waals surface area contributed by atoms with Gasteiger partial charge in [-0.15, -0.1) is 0 Å². The van der Waals surface area contributed by atoms with Gasteiger partial charge in [-0.25, -0.2) is 0 Å². The van der Waals surface area contributed by atoms with Gasteiger partial charge in [-0.2, -0.15) is 0 Å². The van der Waals surface area contributed by atoms with Crippen LogP contribution in [0.1, 0.15) is 24.3 Å². The second-order valence-electron chi connectivity index (χ2n) is 4.45. The number of nitrogens with zero attached hydrogens (tertiary/aromatic N) is 1. The lowest BCUT2D eigenvalue weighted by atomic mass is 10.1. The first-order valence-electron chi connectivity index (χ1n) is 5.44. The van der Waals surface area contributed by atoms with E-state index in [1.807, 2.05) is 13.8 Å². The zero-order valence-electron chi connectivity index (χ0n) is 10.7. The first-order valence-corrected chi connectivity index (χ1v) is 5.44. The molecule has 1 aromatic heterocycles. The van der Waals surface area contributed by atoms with E-state index in [2.05, 4.69) is 15.6 Å². The van der Waals surface area contributed by atoms with Gasteiger partial charge >= 0.3 is 0 Å². The fourth-order valence-electron chi connectivity index (χ4n) is 1.48. The van der Waals surface area contributed by atoms with Gasteiger partial charge < -0.3 is 15.4 Å². The molecular formula is C12H19N3O2. The van der Waals surface area contributed by atoms with Crippen molar-refractivity contribution in [2.24, 2.45) is 0 Å². The number of hydrogen-bond acceptors (Lipinski definition) is 4. The first kappa shape index (κ1) is 13.4. The van der Waals surface area contributed by atoms with E-state index < -0.39 is 5.54 Å². The minimum Gasteiger partial charge on any atom is -0.388 e. The number of hydrogen-bond donors (Lipinski definition) is 2. The van der Waals surface area contributed by atoms with Gasteiger partial charge in [-0.05, 0) is 26.0 Å². The number of amides is 1. The average molecular weight is 237 g/mol. The highest BCUT2D eigenvalue weighted by molar-refractivity contribution is 5.93. The predicted molar refractivity (Wildman–Crippen MR) is 67.2 cm³/mol. The molecule has 0 saturated carbocycles. The van der Waals surface area contributed by atoms with E-state index in [1.54, 1.807) is 32.5 Å². The van der Waals surface area contributed by atoms with Gasteiger partial charge in [0.25, 0.3) is 5.91 Å². The van der Waals surface area contributed by atoms with Crippen LogP contribution in [0.25, 0.3) is 0 Å². The minimum absolute atomic E-state index is 0.204. The lowest BCUT2D eigenvalue weighted by Crippen LogP contribution is -2.47. The number of anilines is 1. The molecule has 0 aromatic carbocycles. The largest absolute Gasteiger partial charge is 0.388 e. The maximum absolute atomic E-state index is 11.9. The molecule has 1 amide bonds. The summed E-state index contributed by atoms with van der Waals surface area (Å²) in [7, 11) is 3.40. The number of aromatic nitrogens is 1. The molecule has 0 spiro atoms. The molecule has 1 rings (SSSR count). The average Bonchev–Trinajstić information content (AvgIpc) is 2.28. The molecule has 1 aromatic rings. The number of carbonyl (C=O) groups excluding carboxylic acids is 1. The Bertz CT molecular complexity index is 391. The summed E-state index contributed by atoms with van der Waals surface area (Å²) in [6, 6.07) is 3.51. The van der Waals surface area contributed by atoms with Crippen LogP contribution in [-0.4, -0.2) is 37.2 Å². The quantitative estimate of drug-likeness (QED) is 0.809. The van der Waals surface area contributed by atoms with Crippen LogP contribution in [0, 0.1) is 0 Å². The van der Waals surface area contributed by atoms with Crippen molar-refractivity contribution in [1.82, 2.24) is 10.3 Å². The topological polar surface area (TPSA) is 63.2 Å². The van der Waals surface area contributed by atoms with E-state index in [4.69, 9.17) is 4.74 Å². The SMILES string of the molecule is CNc1ccnc(C(=O)NC(C)(C)COC)c1. The molecule has 0 radical (unpaired) electrons. The van der Waals surface area contributed by atoms with Crippen molar-refractivity contribution < 1.29 is 9.53 Å². The number of ether oxygens (including phenoxy) is 1. The number of rotatable bonds is 5. The van der Waals surface area contributed by atoms with Crippen LogP contribution in [-0.2, 0) is 4.74 Å². The molecule has 0 aliphatic heterocycles. The molecule has 0 aliphatic carbocycles. The lowest BCUT2D eigenvalue weighted by molar-refractivity contribution is 0.0815. The Hall–Kier alpha value is -1.62. The summed E-state index contributed by atoms with van der Waals surface area (Å²) in [5.74, 6) is -0.204. The maximum Gasteiger partial charge on any atom is 0.270 e. The number of methoxy groups -OCH3 is 1. The van der Waals surface area contributed by atoms with Gasteiger partial charge in [0.05, 0.1) is 12.1 Å². The zero-order valence-corrected chi connectivity index (χ0v) is 10.7. The summed E-state index contributed by atoms with van der Waals surface area (Å²) >= 11 is 0. The highest BCUT2D eigenvalue weighted by Crippen LogP contribution is 2.09. The van der Waals surface area contributed by atoms with Crippen molar-refractivity contribution in [3.05, 3.63) is 24.0 Å². The van der Waals surface area contributed by atoms with Gasteiger partial charge in [0, 0.05) is 26.0 Å². The van der Waals surface area contributed by atoms with E-state index in [1.165, 1.54) is 0 Å². The van der Waals surface area contributed by atoms with E-state index >= 15 is 0 Å². The Kier molecular flexibility index (Phi) is 4.45. The molecule has 5 heteroatoms. The Labute approximate surface area is 102 Å². The van der Waals surface area contributed by atoms with Crippen molar-refractivity contribution in [3.8, 4) is 0 Å². The second kappa shape index (κ2) is 5.63. The Morgan fingerprint density at radius 2 is 2.24 bits per heavy atom. The summed E-state index contributed by atoms with van der Waals surface area (Å²) in [6.07, 6.45) is 1.60. The van der Waals surface area contributed by atoms with E-state index in [0.29, 0.717) is 12.3 Å². The molecule has 0 bridgehead atoms. The first-order chi connectivity index (χ1) is 7.98. The fraction of sp³-hybridized carbons (Fsp3) is 0.500. The van der Waals surface area contributed by atoms with Gasteiger partial charge in [-0.1, -0.05) is 0 Å². The number of carbonyl (C=O) groups is 1. The smallest absolute Gasteiger partial charge is 0.270 e. The number of nitrogens with one attached hydrogen (secondary N) is 2. The van der Waals surface area contributed by atoms with E-state index in [0.717, 1.165) is 5.69 Å². The third-order valence-electron chi connectivity index (χ3n) is 2.24. The summed E-state index contributed by atoms with van der Waals surface area (Å²) in [4.78, 5) is 16.0. The van der Waals surface area contributed by atoms with Crippen molar-refractivity contribution in [2.45, 2.75) is 19.4 Å². The minimum atomic E-state index is -0.414. The normalized spacial score (nSPS) is 11.1. The number of pyridine rings is 1. The molecule has 5 nitrogen and oxygen atoms in total. The zero-order chi connectivity index (χ0) is 12.9. The van der Waals surface area contributed by atoms with Gasteiger partial charge in [0.1, 0.15) is 5.69 Å². The molecule has 0 saturated heterocycles. The molecule has 0 atom stereocenters. The van der Waals surface area contributed by atoms with Crippen LogP contribution in [0.15, 0.2) is 18.3 Å². The van der Waals surface area contributed by atoms with Crippen LogP contribution >= 0.6 is 0 Å². The second-order valence-corrected chi connectivity index (χ2v) is 4.45. The maximum atomic E-state index is 11.9. The highest BCUT2D eigenvalue weighted by atomic mass is 16.5. The van der Waals surface area contributed by atoms with Gasteiger partial charge in [0.2, 0.25) is 0 Å². The van der Waals surface area contributed by atoms with E-state index in [-0.39, 0.29) is 5.91 Å². The van der Waals surface area contributed by atoms with Crippen LogP contribution in [0.2, 0.25) is 0 Å². The summed E-state index contributed by atoms with van der Waals surface area (Å²) in [5, 5.41) is 5.84. The lowest BCUT2D eigenvalue weighted by Gasteiger charge is -2.25. The van der Waals surface area contributed by atoms with Gasteiger partial charge in [-0.3, -0.25) is 9.78 Å². The van der Waals surface area contributed by atoms with Gasteiger partial charge in [0.15, 0.2) is 0 Å². The third kappa shape index (κ3) is 4.03. The Morgan fingerprint density at radius 3 is 2.82 bits per heavy atom. The molecule has 94 valence electrons. The molecule has 0 aliphatic rings. The van der Waals surface area contributed by atoms with Crippen molar-refractivity contribution in [1.29, 1.82) is 0 Å². The van der Waals surface area contributed by atoms with Crippen molar-refractivity contribution in [2.75, 3.05) is 26.1 Å². The summed E-state index contributed by atoms with van der Waals surface area (Å²) < 4.78 is 5.04. The fourth-order valence-corrected chi connectivity index (χ4v) is 1.48. The molecule has 17 heavy (non-hydrogen) atoms. The predicted octanol–water partition coefficient (Wildman–Crippen LogP) is 1.28. The molecule has 1 heterocycles. The van der Waals surface area contributed by atoms with Crippen LogP contribution in [0.3, 0.4) is 0 Å². The standard InChI is InChI=1S/C12H19N3O2/c1-12(2,8-17-4)15-11(16)10-7-9(13-3)5-6-14-10/h5-7H,8H2,1-4H3,(H,13,14)(H,15,16). The Balaban J connectivity index is 2.75. The molecular weight excluding hydrogens is 218 g/mol. The molecule has 2 N–H and O–H groups in total. The highest BCUT2D eigenvalue weighted by Gasteiger charge is 2.21. The van der Waals surface area contributed by atoms with Crippen LogP contribution in [0.4, 0.5) is 5.69 Å².